The number of aryl methyl sites for hydroxylation is 1. The molecule has 0 spiro atoms. The fourth-order valence-corrected chi connectivity index (χ4v) is 4.58. The maximum absolute atomic E-state index is 13.0. The molecule has 1 fully saturated rings. The van der Waals surface area contributed by atoms with Gasteiger partial charge in [0.05, 0.1) is 5.52 Å². The Kier molecular flexibility index (Phi) is 7.59. The first-order valence-electron chi connectivity index (χ1n) is 11.7. The Morgan fingerprint density at radius 1 is 1.14 bits per heavy atom. The van der Waals surface area contributed by atoms with Gasteiger partial charge in [-0.2, -0.15) is 5.26 Å². The topological polar surface area (TPSA) is 96.3 Å². The molecule has 0 radical (unpaired) electrons. The monoisotopic (exact) mass is 491 g/mol. The van der Waals surface area contributed by atoms with Gasteiger partial charge in [0.25, 0.3) is 0 Å². The minimum Gasteiger partial charge on any atom is -0.352 e. The fraction of sp³-hybridized carbons (Fsp3) is 0.346. The molecule has 9 heteroatoms. The lowest BCUT2D eigenvalue weighted by atomic mass is 9.99. The minimum atomic E-state index is -0.430. The number of benzene rings is 2. The van der Waals surface area contributed by atoms with Gasteiger partial charge in [0, 0.05) is 53.2 Å². The van der Waals surface area contributed by atoms with Crippen molar-refractivity contribution in [3.63, 3.8) is 0 Å². The summed E-state index contributed by atoms with van der Waals surface area (Å²) < 4.78 is 0. The van der Waals surface area contributed by atoms with E-state index in [9.17, 15) is 10.1 Å². The maximum Gasteiger partial charge on any atom is 0.321 e. The minimum absolute atomic E-state index is 0.0356. The fourth-order valence-electron chi connectivity index (χ4n) is 4.45. The predicted octanol–water partition coefficient (Wildman–Crippen LogP) is 4.84. The summed E-state index contributed by atoms with van der Waals surface area (Å²) in [4.78, 5) is 21.6. The number of piperazine rings is 1. The molecule has 4 rings (SSSR count). The van der Waals surface area contributed by atoms with Crippen LogP contribution in [0.3, 0.4) is 0 Å². The van der Waals surface area contributed by atoms with Crippen LogP contribution in [0.1, 0.15) is 19.5 Å². The molecule has 182 valence electrons. The van der Waals surface area contributed by atoms with Crippen LogP contribution in [0.15, 0.2) is 54.6 Å². The van der Waals surface area contributed by atoms with Gasteiger partial charge in [0.15, 0.2) is 12.5 Å². The van der Waals surface area contributed by atoms with E-state index in [4.69, 9.17) is 11.6 Å². The van der Waals surface area contributed by atoms with Gasteiger partial charge in [-0.3, -0.25) is 15.2 Å². The molecule has 1 aliphatic heterocycles. The van der Waals surface area contributed by atoms with Crippen LogP contribution >= 0.6 is 11.6 Å². The molecule has 2 aromatic carbocycles. The summed E-state index contributed by atoms with van der Waals surface area (Å²) in [6.07, 6.45) is 1.67. The van der Waals surface area contributed by atoms with E-state index in [2.05, 4.69) is 45.9 Å². The molecule has 1 aliphatic rings. The molecule has 0 saturated carbocycles. The smallest absolute Gasteiger partial charge is 0.321 e. The number of nitrogens with one attached hydrogen (secondary N) is 3. The zero-order valence-electron chi connectivity index (χ0n) is 20.1. The van der Waals surface area contributed by atoms with E-state index in [0.29, 0.717) is 30.3 Å². The summed E-state index contributed by atoms with van der Waals surface area (Å²) in [5, 5.41) is 20.5. The number of halogens is 1. The molecular weight excluding hydrogens is 462 g/mol. The van der Waals surface area contributed by atoms with E-state index in [-0.39, 0.29) is 18.0 Å². The van der Waals surface area contributed by atoms with Crippen molar-refractivity contribution in [3.8, 4) is 6.19 Å². The van der Waals surface area contributed by atoms with Gasteiger partial charge >= 0.3 is 6.03 Å². The normalized spacial score (nSPS) is 17.1. The number of urea groups is 1. The van der Waals surface area contributed by atoms with Gasteiger partial charge < -0.3 is 15.5 Å². The molecule has 1 aromatic heterocycles. The number of hydrogen-bond acceptors (Lipinski definition) is 6. The van der Waals surface area contributed by atoms with Crippen molar-refractivity contribution >= 4 is 39.9 Å². The van der Waals surface area contributed by atoms with Crippen LogP contribution in [-0.4, -0.2) is 52.8 Å². The molecular formula is C26H30ClN7O. The molecule has 1 saturated heterocycles. The zero-order chi connectivity index (χ0) is 24.9. The highest BCUT2D eigenvalue weighted by atomic mass is 35.5. The highest BCUT2D eigenvalue weighted by Gasteiger charge is 2.35. The van der Waals surface area contributed by atoms with E-state index < -0.39 is 6.29 Å². The molecule has 2 heterocycles. The number of anilines is 2. The van der Waals surface area contributed by atoms with Crippen molar-refractivity contribution in [2.75, 3.05) is 30.3 Å². The zero-order valence-corrected chi connectivity index (χ0v) is 20.9. The standard InChI is InChI=1S/C26H30ClN7O/c1-17(2)24-15-33(26(35)31-20-10-8-19(27)9-11-20)13-14-34(24)25(29-16-28)32-23-6-4-5-22-21(23)12-7-18(3)30-22/h4-12,17,24-25,29,32H,13-15H2,1-3H3,(H,31,35). The van der Waals surface area contributed by atoms with Crippen LogP contribution in [-0.2, 0) is 0 Å². The van der Waals surface area contributed by atoms with Crippen molar-refractivity contribution in [2.45, 2.75) is 33.1 Å². The molecule has 2 unspecified atom stereocenters. The van der Waals surface area contributed by atoms with Crippen LogP contribution in [0, 0.1) is 24.3 Å². The van der Waals surface area contributed by atoms with Gasteiger partial charge in [-0.25, -0.2) is 4.79 Å². The SMILES string of the molecule is Cc1ccc2c(NC(NC#N)N3CCN(C(=O)Nc4ccc(Cl)cc4)CC3C(C)C)cccc2n1. The summed E-state index contributed by atoms with van der Waals surface area (Å²) in [6, 6.07) is 16.9. The van der Waals surface area contributed by atoms with Crippen LogP contribution in [0.2, 0.25) is 5.02 Å². The van der Waals surface area contributed by atoms with E-state index in [1.807, 2.05) is 42.2 Å². The number of aromatic nitrogens is 1. The lowest BCUT2D eigenvalue weighted by Gasteiger charge is -2.46. The summed E-state index contributed by atoms with van der Waals surface area (Å²) in [7, 11) is 0. The van der Waals surface area contributed by atoms with Crippen molar-refractivity contribution < 1.29 is 4.79 Å². The number of nitriles is 1. The second-order valence-corrected chi connectivity index (χ2v) is 9.50. The maximum atomic E-state index is 13.0. The van der Waals surface area contributed by atoms with Crippen molar-refractivity contribution in [1.29, 1.82) is 5.26 Å². The molecule has 3 N–H and O–H groups in total. The number of carbonyl (C=O) groups is 1. The third kappa shape index (κ3) is 5.76. The van der Waals surface area contributed by atoms with Crippen LogP contribution in [0.5, 0.6) is 0 Å². The number of carbonyl (C=O) groups excluding carboxylic acids is 1. The average Bonchev–Trinajstić information content (AvgIpc) is 2.84. The van der Waals surface area contributed by atoms with Crippen molar-refractivity contribution in [1.82, 2.24) is 20.1 Å². The van der Waals surface area contributed by atoms with E-state index in [1.54, 1.807) is 24.3 Å². The lowest BCUT2D eigenvalue weighted by molar-refractivity contribution is 0.0376. The largest absolute Gasteiger partial charge is 0.352 e. The van der Waals surface area contributed by atoms with Gasteiger partial charge in [-0.1, -0.05) is 31.5 Å². The third-order valence-corrected chi connectivity index (χ3v) is 6.56. The van der Waals surface area contributed by atoms with Crippen molar-refractivity contribution in [3.05, 3.63) is 65.3 Å². The Morgan fingerprint density at radius 2 is 1.91 bits per heavy atom. The highest BCUT2D eigenvalue weighted by Crippen LogP contribution is 2.26. The van der Waals surface area contributed by atoms with Crippen LogP contribution in [0.4, 0.5) is 16.2 Å². The number of fused-ring (bicyclic) bond motifs is 1. The van der Waals surface area contributed by atoms with E-state index >= 15 is 0 Å². The first kappa shape index (κ1) is 24.6. The summed E-state index contributed by atoms with van der Waals surface area (Å²) in [6.45, 7) is 7.91. The number of nitrogens with zero attached hydrogens (tertiary/aromatic N) is 4. The Balaban J connectivity index is 1.52. The Morgan fingerprint density at radius 3 is 2.63 bits per heavy atom. The molecule has 35 heavy (non-hydrogen) atoms. The highest BCUT2D eigenvalue weighted by molar-refractivity contribution is 6.30. The number of hydrogen-bond donors (Lipinski definition) is 3. The first-order valence-corrected chi connectivity index (χ1v) is 12.1. The quantitative estimate of drug-likeness (QED) is 0.259. The summed E-state index contributed by atoms with van der Waals surface area (Å²) in [5.41, 5.74) is 3.45. The number of pyridine rings is 1. The molecule has 0 aliphatic carbocycles. The van der Waals surface area contributed by atoms with Crippen molar-refractivity contribution in [2.24, 2.45) is 5.92 Å². The lowest BCUT2D eigenvalue weighted by Crippen LogP contribution is -2.64. The van der Waals surface area contributed by atoms with E-state index in [0.717, 1.165) is 22.3 Å². The van der Waals surface area contributed by atoms with E-state index in [1.165, 1.54) is 0 Å². The van der Waals surface area contributed by atoms with Gasteiger partial charge in [-0.05, 0) is 61.4 Å². The molecule has 8 nitrogen and oxygen atoms in total. The second kappa shape index (κ2) is 10.8. The van der Waals surface area contributed by atoms with Gasteiger partial charge in [0.2, 0.25) is 0 Å². The summed E-state index contributed by atoms with van der Waals surface area (Å²) >= 11 is 5.95. The van der Waals surface area contributed by atoms with Gasteiger partial charge in [0.1, 0.15) is 0 Å². The average molecular weight is 492 g/mol. The molecule has 2 amide bonds. The van der Waals surface area contributed by atoms with Crippen LogP contribution in [0.25, 0.3) is 10.9 Å². The predicted molar refractivity (Wildman–Crippen MR) is 140 cm³/mol. The second-order valence-electron chi connectivity index (χ2n) is 9.06. The summed E-state index contributed by atoms with van der Waals surface area (Å²) in [5.74, 6) is 0.253. The molecule has 3 aromatic rings. The molecule has 2 atom stereocenters. The Labute approximate surface area is 210 Å². The first-order chi connectivity index (χ1) is 16.9. The third-order valence-electron chi connectivity index (χ3n) is 6.31. The number of amides is 2. The molecule has 0 bridgehead atoms. The Bertz CT molecular complexity index is 1220. The number of rotatable bonds is 6. The van der Waals surface area contributed by atoms with Gasteiger partial charge in [-0.15, -0.1) is 0 Å². The Hall–Kier alpha value is -3.54. The van der Waals surface area contributed by atoms with Crippen LogP contribution < -0.4 is 16.0 Å².